The lowest BCUT2D eigenvalue weighted by Gasteiger charge is -2.21. The number of halogens is 4. The summed E-state index contributed by atoms with van der Waals surface area (Å²) in [5.74, 6) is -3.86. The number of aliphatic hydroxyl groups excluding tert-OH is 1. The van der Waals surface area contributed by atoms with Gasteiger partial charge in [-0.05, 0) is 41.8 Å². The Morgan fingerprint density at radius 2 is 1.50 bits per heavy atom. The number of nitrogens with zero attached hydrogens (tertiary/aromatic N) is 1. The number of amides is 2. The van der Waals surface area contributed by atoms with Crippen molar-refractivity contribution in [3.8, 4) is 0 Å². The maximum Gasteiger partial charge on any atom is 0.490 e. The van der Waals surface area contributed by atoms with Crippen LogP contribution in [0.4, 0.5) is 23.4 Å². The molecule has 214 valence electrons. The fourth-order valence-corrected chi connectivity index (χ4v) is 3.37. The van der Waals surface area contributed by atoms with Gasteiger partial charge >= 0.3 is 12.1 Å². The van der Waals surface area contributed by atoms with Crippen LogP contribution in [0, 0.1) is 12.7 Å². The molecule has 2 aromatic carbocycles. The van der Waals surface area contributed by atoms with E-state index in [1.165, 1.54) is 12.1 Å². The number of hydrogen-bond donors (Lipinski definition) is 5. The van der Waals surface area contributed by atoms with E-state index in [-0.39, 0.29) is 19.4 Å². The van der Waals surface area contributed by atoms with Crippen LogP contribution in [-0.4, -0.2) is 51.3 Å². The molecule has 3 rings (SSSR count). The maximum atomic E-state index is 13.3. The number of carboxylic acid groups (broad SMARTS) is 1. The van der Waals surface area contributed by atoms with Crippen LogP contribution in [0.2, 0.25) is 0 Å². The van der Waals surface area contributed by atoms with Crippen LogP contribution in [0.25, 0.3) is 0 Å². The smallest absolute Gasteiger partial charge is 0.475 e. The lowest BCUT2D eigenvalue weighted by Crippen LogP contribution is -2.51. The number of alkyl halides is 3. The predicted molar refractivity (Wildman–Crippen MR) is 137 cm³/mol. The van der Waals surface area contributed by atoms with Gasteiger partial charge in [0.2, 0.25) is 11.8 Å². The molecular weight excluding hydrogens is 536 g/mol. The zero-order valence-electron chi connectivity index (χ0n) is 21.3. The number of carbonyl (C=O) groups is 3. The topological polar surface area (TPSA) is 155 Å². The first kappa shape index (κ1) is 31.7. The largest absolute Gasteiger partial charge is 0.490 e. The number of aromatic nitrogens is 1. The molecule has 0 saturated carbocycles. The third-order valence-electron chi connectivity index (χ3n) is 5.47. The molecule has 0 spiro atoms. The van der Waals surface area contributed by atoms with Crippen LogP contribution in [-0.2, 0) is 33.8 Å². The molecule has 3 aromatic rings. The number of carboxylic acids is 1. The van der Waals surface area contributed by atoms with Crippen LogP contribution >= 0.6 is 0 Å². The molecule has 0 saturated heterocycles. The first-order chi connectivity index (χ1) is 18.8. The molecule has 40 heavy (non-hydrogen) atoms. The van der Waals surface area contributed by atoms with Crippen LogP contribution in [0.15, 0.2) is 66.7 Å². The molecule has 1 heterocycles. The molecule has 0 unspecified atom stereocenters. The molecule has 0 aliphatic rings. The number of carbonyl (C=O) groups excluding carboxylic acids is 2. The minimum absolute atomic E-state index is 0.119. The summed E-state index contributed by atoms with van der Waals surface area (Å²) in [6.07, 6.45) is -6.15. The molecule has 1 aromatic heterocycles. The summed E-state index contributed by atoms with van der Waals surface area (Å²) < 4.78 is 45.0. The highest BCUT2D eigenvalue weighted by Crippen LogP contribution is 2.13. The van der Waals surface area contributed by atoms with Crippen molar-refractivity contribution in [1.29, 1.82) is 0 Å². The number of anilines is 1. The molecule has 0 aliphatic carbocycles. The number of pyridine rings is 1. The van der Waals surface area contributed by atoms with Gasteiger partial charge in [0.15, 0.2) is 0 Å². The van der Waals surface area contributed by atoms with Gasteiger partial charge in [0, 0.05) is 25.1 Å². The normalized spacial score (nSPS) is 12.3. The molecule has 6 N–H and O–H groups in total. The number of rotatable bonds is 9. The zero-order chi connectivity index (χ0) is 29.9. The Morgan fingerprint density at radius 3 is 2.05 bits per heavy atom. The highest BCUT2D eigenvalue weighted by atomic mass is 19.4. The minimum Gasteiger partial charge on any atom is -0.475 e. The van der Waals surface area contributed by atoms with Crippen LogP contribution in [0.3, 0.4) is 0 Å². The molecule has 9 nitrogen and oxygen atoms in total. The van der Waals surface area contributed by atoms with E-state index in [4.69, 9.17) is 15.6 Å². The highest BCUT2D eigenvalue weighted by Gasteiger charge is 2.38. The van der Waals surface area contributed by atoms with E-state index >= 15 is 0 Å². The number of aliphatic carboxylic acids is 1. The second-order valence-corrected chi connectivity index (χ2v) is 8.60. The van der Waals surface area contributed by atoms with Crippen molar-refractivity contribution in [3.63, 3.8) is 0 Å². The molecule has 0 bridgehead atoms. The molecule has 2 amide bonds. The summed E-state index contributed by atoms with van der Waals surface area (Å²) in [5, 5.41) is 22.9. The maximum absolute atomic E-state index is 13.3. The standard InChI is InChI=1S/C25H27FN4O3.C2HF3O2/c1-16-19(9-12-23(27)29-16)15-28-24(32)21(13-18-7-10-20(26)11-8-18)30-25(33)22(31)14-17-5-3-2-4-6-17;3-2(4,5)1(6)7/h2-12,21-22,31H,13-15H2,1H3,(H2,27,29)(H,28,32)(H,30,33);(H,6,7)/t21-,22+;/m0./s1. The summed E-state index contributed by atoms with van der Waals surface area (Å²) in [5.41, 5.74) is 8.61. The fourth-order valence-electron chi connectivity index (χ4n) is 3.37. The Morgan fingerprint density at radius 1 is 0.925 bits per heavy atom. The first-order valence-electron chi connectivity index (χ1n) is 11.8. The third kappa shape index (κ3) is 10.7. The van der Waals surface area contributed by atoms with E-state index in [1.807, 2.05) is 30.3 Å². The number of nitrogen functional groups attached to an aromatic ring is 1. The quantitative estimate of drug-likeness (QED) is 0.250. The number of benzene rings is 2. The number of aryl methyl sites for hydroxylation is 1. The van der Waals surface area contributed by atoms with Crippen LogP contribution in [0.5, 0.6) is 0 Å². The van der Waals surface area contributed by atoms with Gasteiger partial charge < -0.3 is 26.6 Å². The van der Waals surface area contributed by atoms with Crippen molar-refractivity contribution in [1.82, 2.24) is 15.6 Å². The van der Waals surface area contributed by atoms with Gasteiger partial charge in [-0.25, -0.2) is 14.2 Å². The van der Waals surface area contributed by atoms with Crippen molar-refractivity contribution < 1.29 is 42.2 Å². The van der Waals surface area contributed by atoms with Gasteiger partial charge in [-0.15, -0.1) is 0 Å². The molecular formula is C27H28F4N4O5. The van der Waals surface area contributed by atoms with Gasteiger partial charge in [0.25, 0.3) is 0 Å². The van der Waals surface area contributed by atoms with Crippen molar-refractivity contribution in [3.05, 3.63) is 94.9 Å². The van der Waals surface area contributed by atoms with Crippen molar-refractivity contribution in [2.75, 3.05) is 5.73 Å². The van der Waals surface area contributed by atoms with Crippen molar-refractivity contribution >= 4 is 23.6 Å². The number of aliphatic hydroxyl groups is 1. The Balaban J connectivity index is 0.000000708. The summed E-state index contributed by atoms with van der Waals surface area (Å²) >= 11 is 0. The molecule has 13 heteroatoms. The average Bonchev–Trinajstić information content (AvgIpc) is 2.89. The average molecular weight is 565 g/mol. The Hall–Kier alpha value is -4.52. The van der Waals surface area contributed by atoms with Gasteiger partial charge in [-0.1, -0.05) is 48.5 Å². The molecule has 0 radical (unpaired) electrons. The lowest BCUT2D eigenvalue weighted by atomic mass is 10.0. The SMILES string of the molecule is Cc1nc(N)ccc1CNC(=O)[C@H](Cc1ccc(F)cc1)NC(=O)[C@H](O)Cc1ccccc1.O=C(O)C(F)(F)F. The number of hydrogen-bond acceptors (Lipinski definition) is 6. The van der Waals surface area contributed by atoms with E-state index in [0.29, 0.717) is 17.1 Å². The van der Waals surface area contributed by atoms with E-state index < -0.39 is 41.9 Å². The fraction of sp³-hybridized carbons (Fsp3) is 0.259. The van der Waals surface area contributed by atoms with Crippen molar-refractivity contribution in [2.45, 2.75) is 44.6 Å². The summed E-state index contributed by atoms with van der Waals surface area (Å²) in [4.78, 5) is 38.7. The Bertz CT molecular complexity index is 1290. The summed E-state index contributed by atoms with van der Waals surface area (Å²) in [6.45, 7) is 1.98. The molecule has 0 aliphatic heterocycles. The predicted octanol–water partition coefficient (Wildman–Crippen LogP) is 2.69. The van der Waals surface area contributed by atoms with Gasteiger partial charge in [0.1, 0.15) is 23.8 Å². The molecule has 0 fully saturated rings. The number of nitrogens with two attached hydrogens (primary N) is 1. The third-order valence-corrected chi connectivity index (χ3v) is 5.47. The van der Waals surface area contributed by atoms with E-state index in [0.717, 1.165) is 11.1 Å². The monoisotopic (exact) mass is 564 g/mol. The van der Waals surface area contributed by atoms with Gasteiger partial charge in [0.05, 0.1) is 0 Å². The summed E-state index contributed by atoms with van der Waals surface area (Å²) in [7, 11) is 0. The highest BCUT2D eigenvalue weighted by molar-refractivity contribution is 5.89. The first-order valence-corrected chi connectivity index (χ1v) is 11.8. The minimum atomic E-state index is -5.08. The lowest BCUT2D eigenvalue weighted by molar-refractivity contribution is -0.192. The van der Waals surface area contributed by atoms with Crippen LogP contribution < -0.4 is 16.4 Å². The Kier molecular flexibility index (Phi) is 11.6. The van der Waals surface area contributed by atoms with E-state index in [2.05, 4.69) is 15.6 Å². The second-order valence-electron chi connectivity index (χ2n) is 8.60. The zero-order valence-corrected chi connectivity index (χ0v) is 21.3. The number of nitrogens with one attached hydrogen (secondary N) is 2. The Labute approximate surface area is 227 Å². The van der Waals surface area contributed by atoms with Gasteiger partial charge in [-0.3, -0.25) is 9.59 Å². The second kappa shape index (κ2) is 14.6. The summed E-state index contributed by atoms with van der Waals surface area (Å²) in [6, 6.07) is 17.2. The van der Waals surface area contributed by atoms with E-state index in [9.17, 15) is 32.3 Å². The van der Waals surface area contributed by atoms with Crippen molar-refractivity contribution in [2.24, 2.45) is 0 Å². The molecule has 2 atom stereocenters. The van der Waals surface area contributed by atoms with E-state index in [1.54, 1.807) is 31.2 Å². The van der Waals surface area contributed by atoms with Crippen LogP contribution in [0.1, 0.15) is 22.4 Å². The van der Waals surface area contributed by atoms with Gasteiger partial charge in [-0.2, -0.15) is 13.2 Å².